The molecule has 0 radical (unpaired) electrons. The minimum Gasteiger partial charge on any atom is -0.497 e. The second-order valence-electron chi connectivity index (χ2n) is 5.30. The zero-order valence-corrected chi connectivity index (χ0v) is 12.2. The van der Waals surface area contributed by atoms with Gasteiger partial charge in [0.05, 0.1) is 24.6 Å². The average Bonchev–Trinajstić information content (AvgIpc) is 2.89. The smallest absolute Gasteiger partial charge is 0.231 e. The molecule has 0 unspecified atom stereocenters. The normalized spacial score (nSPS) is 22.2. The van der Waals surface area contributed by atoms with E-state index in [1.54, 1.807) is 7.11 Å². The van der Waals surface area contributed by atoms with Gasteiger partial charge in [-0.25, -0.2) is 0 Å². The van der Waals surface area contributed by atoms with Gasteiger partial charge in [-0.3, -0.25) is 9.89 Å². The fourth-order valence-corrected chi connectivity index (χ4v) is 2.70. The third-order valence-electron chi connectivity index (χ3n) is 3.96. The van der Waals surface area contributed by atoms with Crippen molar-refractivity contribution in [2.24, 2.45) is 5.92 Å². The number of amides is 1. The molecule has 3 rings (SSSR count). The van der Waals surface area contributed by atoms with Gasteiger partial charge in [-0.15, -0.1) is 0 Å². The summed E-state index contributed by atoms with van der Waals surface area (Å²) in [5.74, 6) is 1.14. The van der Waals surface area contributed by atoms with E-state index in [4.69, 9.17) is 9.47 Å². The molecule has 2 atom stereocenters. The number of nitrogens with zero attached hydrogens (tertiary/aromatic N) is 1. The van der Waals surface area contributed by atoms with E-state index in [1.807, 2.05) is 25.1 Å². The third kappa shape index (κ3) is 2.71. The lowest BCUT2D eigenvalue weighted by Crippen LogP contribution is -2.36. The van der Waals surface area contributed by atoms with Gasteiger partial charge < -0.3 is 14.8 Å². The standard InChI is InChI=1S/C15H19N3O3/c1-9-11(4-3-7-21-9)15(19)16-14-12-6-5-10(20-2)8-13(12)17-18-14/h5-6,8-9,11H,3-4,7H2,1-2H3,(H2,16,17,18,19)/t9-,11-/m0/s1. The zero-order chi connectivity index (χ0) is 14.8. The van der Waals surface area contributed by atoms with Crippen molar-refractivity contribution in [2.75, 3.05) is 19.0 Å². The number of benzene rings is 1. The summed E-state index contributed by atoms with van der Waals surface area (Å²) in [7, 11) is 1.62. The number of carbonyl (C=O) groups is 1. The molecular weight excluding hydrogens is 270 g/mol. The molecule has 1 aromatic carbocycles. The van der Waals surface area contributed by atoms with Gasteiger partial charge in [0.2, 0.25) is 5.91 Å². The minimum absolute atomic E-state index is 0.0357. The second kappa shape index (κ2) is 5.73. The maximum atomic E-state index is 12.4. The summed E-state index contributed by atoms with van der Waals surface area (Å²) in [6.07, 6.45) is 1.72. The molecular formula is C15H19N3O3. The molecule has 2 N–H and O–H groups in total. The van der Waals surface area contributed by atoms with Gasteiger partial charge in [0.1, 0.15) is 5.75 Å². The number of aromatic nitrogens is 2. The van der Waals surface area contributed by atoms with Gasteiger partial charge >= 0.3 is 0 Å². The summed E-state index contributed by atoms with van der Waals surface area (Å²) in [5, 5.41) is 10.9. The Kier molecular flexibility index (Phi) is 3.79. The molecule has 112 valence electrons. The summed E-state index contributed by atoms with van der Waals surface area (Å²) < 4.78 is 10.7. The first-order chi connectivity index (χ1) is 10.2. The van der Waals surface area contributed by atoms with Crippen LogP contribution in [0.4, 0.5) is 5.82 Å². The van der Waals surface area contributed by atoms with E-state index in [0.717, 1.165) is 36.1 Å². The van der Waals surface area contributed by atoms with Crippen LogP contribution in [0.2, 0.25) is 0 Å². The van der Waals surface area contributed by atoms with Gasteiger partial charge in [-0.1, -0.05) is 0 Å². The van der Waals surface area contributed by atoms with Gasteiger partial charge in [0, 0.05) is 18.1 Å². The Morgan fingerprint density at radius 1 is 1.52 bits per heavy atom. The van der Waals surface area contributed by atoms with Crippen LogP contribution >= 0.6 is 0 Å². The minimum atomic E-state index is -0.122. The fraction of sp³-hybridized carbons (Fsp3) is 0.467. The van der Waals surface area contributed by atoms with Crippen LogP contribution in [0.3, 0.4) is 0 Å². The molecule has 0 spiro atoms. The van der Waals surface area contributed by atoms with E-state index in [1.165, 1.54) is 0 Å². The number of H-pyrrole nitrogens is 1. The van der Waals surface area contributed by atoms with Crippen molar-refractivity contribution in [1.82, 2.24) is 10.2 Å². The highest BCUT2D eigenvalue weighted by atomic mass is 16.5. The highest BCUT2D eigenvalue weighted by Gasteiger charge is 2.29. The topological polar surface area (TPSA) is 76.2 Å². The molecule has 2 heterocycles. The number of anilines is 1. The van der Waals surface area contributed by atoms with Crippen molar-refractivity contribution in [1.29, 1.82) is 0 Å². The maximum absolute atomic E-state index is 12.4. The lowest BCUT2D eigenvalue weighted by Gasteiger charge is -2.27. The Hall–Kier alpha value is -2.08. The monoisotopic (exact) mass is 289 g/mol. The van der Waals surface area contributed by atoms with Gasteiger partial charge in [0.15, 0.2) is 5.82 Å². The largest absolute Gasteiger partial charge is 0.497 e. The molecule has 1 aromatic heterocycles. The number of aromatic amines is 1. The molecule has 0 bridgehead atoms. The summed E-state index contributed by atoms with van der Waals surface area (Å²) in [6.45, 7) is 2.67. The lowest BCUT2D eigenvalue weighted by molar-refractivity contribution is -0.127. The van der Waals surface area contributed by atoms with Crippen LogP contribution in [0, 0.1) is 5.92 Å². The predicted octanol–water partition coefficient (Wildman–Crippen LogP) is 2.33. The molecule has 1 saturated heterocycles. The second-order valence-corrected chi connectivity index (χ2v) is 5.30. The van der Waals surface area contributed by atoms with Gasteiger partial charge in [0.25, 0.3) is 0 Å². The van der Waals surface area contributed by atoms with Crippen LogP contribution in [-0.2, 0) is 9.53 Å². The van der Waals surface area contributed by atoms with E-state index in [-0.39, 0.29) is 17.9 Å². The van der Waals surface area contributed by atoms with Crippen LogP contribution in [0.1, 0.15) is 19.8 Å². The Labute approximate surface area is 122 Å². The first-order valence-electron chi connectivity index (χ1n) is 7.13. The SMILES string of the molecule is COc1ccc2c(NC(=O)[C@H]3CCCO[C@H]3C)n[nH]c2c1. The summed E-state index contributed by atoms with van der Waals surface area (Å²) >= 11 is 0. The Bertz CT molecular complexity index is 653. The molecule has 2 aromatic rings. The summed E-state index contributed by atoms with van der Waals surface area (Å²) in [5.41, 5.74) is 0.831. The summed E-state index contributed by atoms with van der Waals surface area (Å²) in [6, 6.07) is 5.58. The molecule has 1 amide bonds. The van der Waals surface area contributed by atoms with Crippen molar-refractivity contribution in [3.63, 3.8) is 0 Å². The van der Waals surface area contributed by atoms with Crippen molar-refractivity contribution < 1.29 is 14.3 Å². The van der Waals surface area contributed by atoms with Crippen molar-refractivity contribution >= 4 is 22.6 Å². The predicted molar refractivity (Wildman–Crippen MR) is 79.4 cm³/mol. The number of rotatable bonds is 3. The molecule has 1 aliphatic rings. The lowest BCUT2D eigenvalue weighted by atomic mass is 9.94. The van der Waals surface area contributed by atoms with Gasteiger partial charge in [-0.05, 0) is 31.9 Å². The fourth-order valence-electron chi connectivity index (χ4n) is 2.70. The van der Waals surface area contributed by atoms with Crippen molar-refractivity contribution in [2.45, 2.75) is 25.9 Å². The number of hydrogen-bond acceptors (Lipinski definition) is 4. The van der Waals surface area contributed by atoms with E-state index < -0.39 is 0 Å². The Balaban J connectivity index is 1.79. The van der Waals surface area contributed by atoms with E-state index in [0.29, 0.717) is 5.82 Å². The number of hydrogen-bond donors (Lipinski definition) is 2. The van der Waals surface area contributed by atoms with Gasteiger partial charge in [-0.2, -0.15) is 5.10 Å². The molecule has 0 aliphatic carbocycles. The molecule has 1 fully saturated rings. The average molecular weight is 289 g/mol. The molecule has 6 heteroatoms. The first kappa shape index (κ1) is 13.9. The highest BCUT2D eigenvalue weighted by molar-refractivity contribution is 6.00. The number of nitrogens with one attached hydrogen (secondary N) is 2. The van der Waals surface area contributed by atoms with E-state index in [9.17, 15) is 4.79 Å². The van der Waals surface area contributed by atoms with E-state index >= 15 is 0 Å². The Morgan fingerprint density at radius 3 is 3.14 bits per heavy atom. The summed E-state index contributed by atoms with van der Waals surface area (Å²) in [4.78, 5) is 12.4. The highest BCUT2D eigenvalue weighted by Crippen LogP contribution is 2.27. The van der Waals surface area contributed by atoms with Crippen molar-refractivity contribution in [3.05, 3.63) is 18.2 Å². The number of methoxy groups -OCH3 is 1. The number of fused-ring (bicyclic) bond motifs is 1. The van der Waals surface area contributed by atoms with Crippen LogP contribution in [0.5, 0.6) is 5.75 Å². The zero-order valence-electron chi connectivity index (χ0n) is 12.2. The van der Waals surface area contributed by atoms with E-state index in [2.05, 4.69) is 15.5 Å². The quantitative estimate of drug-likeness (QED) is 0.909. The first-order valence-corrected chi connectivity index (χ1v) is 7.13. The van der Waals surface area contributed by atoms with Crippen LogP contribution in [0.15, 0.2) is 18.2 Å². The van der Waals surface area contributed by atoms with Crippen LogP contribution in [0.25, 0.3) is 10.9 Å². The maximum Gasteiger partial charge on any atom is 0.231 e. The van der Waals surface area contributed by atoms with Crippen LogP contribution < -0.4 is 10.1 Å². The third-order valence-corrected chi connectivity index (χ3v) is 3.96. The van der Waals surface area contributed by atoms with Crippen molar-refractivity contribution in [3.8, 4) is 5.75 Å². The molecule has 0 saturated carbocycles. The molecule has 1 aliphatic heterocycles. The molecule has 21 heavy (non-hydrogen) atoms. The Morgan fingerprint density at radius 2 is 2.38 bits per heavy atom. The van der Waals surface area contributed by atoms with Crippen LogP contribution in [-0.4, -0.2) is 35.9 Å². The number of ether oxygens (including phenoxy) is 2. The number of carbonyl (C=O) groups excluding carboxylic acids is 1. The molecule has 6 nitrogen and oxygen atoms in total.